The third-order valence-corrected chi connectivity index (χ3v) is 2.15. The second-order valence-corrected chi connectivity index (χ2v) is 3.24. The van der Waals surface area contributed by atoms with E-state index >= 15 is 0 Å². The Balaban J connectivity index is 3.42. The van der Waals surface area contributed by atoms with Crippen molar-refractivity contribution in [2.45, 2.75) is 6.92 Å². The molecule has 0 radical (unpaired) electrons. The van der Waals surface area contributed by atoms with Crippen molar-refractivity contribution in [3.8, 4) is 0 Å². The molecule has 0 atom stereocenters. The normalized spacial score (nSPS) is 9.08. The van der Waals surface area contributed by atoms with Gasteiger partial charge in [-0.3, -0.25) is 4.79 Å². The van der Waals surface area contributed by atoms with E-state index in [0.717, 1.165) is 0 Å². The lowest BCUT2D eigenvalue weighted by atomic mass is 10.1. The van der Waals surface area contributed by atoms with Crippen LogP contribution < -0.4 is 0 Å². The maximum Gasteiger partial charge on any atom is 0.160 e. The summed E-state index contributed by atoms with van der Waals surface area (Å²) in [6.07, 6.45) is 0. The molecule has 0 unspecified atom stereocenters. The number of hydrogen-bond acceptors (Lipinski definition) is 2. The molecule has 1 aromatic rings. The zero-order chi connectivity index (χ0) is 9.84. The number of rotatable bonds is 2. The number of Topliss-reactive ketones (excluding diaryl/α,β-unsaturated/α-hetero) is 1. The van der Waals surface area contributed by atoms with Crippen LogP contribution in [0.15, 0.2) is 27.8 Å². The van der Waals surface area contributed by atoms with Crippen molar-refractivity contribution in [1.29, 1.82) is 0 Å². The Morgan fingerprint density at radius 2 is 2.31 bits per heavy atom. The fraction of sp³-hybridized carbons (Fsp3) is 0.125. The van der Waals surface area contributed by atoms with Crippen LogP contribution in [0.25, 0.3) is 10.4 Å². The molecule has 0 bridgehead atoms. The van der Waals surface area contributed by atoms with Gasteiger partial charge in [-0.2, -0.15) is 0 Å². The van der Waals surface area contributed by atoms with Crippen LogP contribution in [0.5, 0.6) is 0 Å². The molecular formula is C8H6BrN3O. The van der Waals surface area contributed by atoms with Gasteiger partial charge in [-0.05, 0) is 18.5 Å². The monoisotopic (exact) mass is 239 g/mol. The molecule has 0 fully saturated rings. The van der Waals surface area contributed by atoms with Crippen molar-refractivity contribution in [2.75, 3.05) is 0 Å². The zero-order valence-corrected chi connectivity index (χ0v) is 8.45. The first-order valence-electron chi connectivity index (χ1n) is 3.51. The molecule has 0 aliphatic carbocycles. The van der Waals surface area contributed by atoms with Crippen molar-refractivity contribution in [3.05, 3.63) is 38.7 Å². The highest BCUT2D eigenvalue weighted by Gasteiger charge is 2.07. The van der Waals surface area contributed by atoms with E-state index in [1.807, 2.05) is 0 Å². The van der Waals surface area contributed by atoms with Crippen LogP contribution in [0, 0.1) is 0 Å². The SMILES string of the molecule is CC(=O)c1cccc(Br)c1N=[N+]=[N-]. The predicted molar refractivity (Wildman–Crippen MR) is 53.0 cm³/mol. The Hall–Kier alpha value is -1.32. The first-order valence-corrected chi connectivity index (χ1v) is 4.30. The Morgan fingerprint density at radius 1 is 1.62 bits per heavy atom. The van der Waals surface area contributed by atoms with Gasteiger partial charge >= 0.3 is 0 Å². The van der Waals surface area contributed by atoms with Gasteiger partial charge in [0.15, 0.2) is 5.78 Å². The van der Waals surface area contributed by atoms with E-state index in [9.17, 15) is 4.79 Å². The summed E-state index contributed by atoms with van der Waals surface area (Å²) in [6.45, 7) is 1.43. The maximum absolute atomic E-state index is 11.1. The van der Waals surface area contributed by atoms with Gasteiger partial charge in [-0.25, -0.2) is 0 Å². The summed E-state index contributed by atoms with van der Waals surface area (Å²) in [4.78, 5) is 13.7. The smallest absolute Gasteiger partial charge is 0.160 e. The minimum absolute atomic E-state index is 0.122. The van der Waals surface area contributed by atoms with Crippen LogP contribution in [0.2, 0.25) is 0 Å². The average molecular weight is 240 g/mol. The molecule has 5 heteroatoms. The molecule has 0 saturated heterocycles. The number of azide groups is 1. The lowest BCUT2D eigenvalue weighted by Crippen LogP contribution is -1.91. The number of hydrogen-bond donors (Lipinski definition) is 0. The molecule has 0 amide bonds. The van der Waals surface area contributed by atoms with Crippen LogP contribution in [0.3, 0.4) is 0 Å². The van der Waals surface area contributed by atoms with E-state index in [0.29, 0.717) is 15.7 Å². The number of carbonyl (C=O) groups is 1. The van der Waals surface area contributed by atoms with E-state index in [-0.39, 0.29) is 5.78 Å². The van der Waals surface area contributed by atoms with E-state index in [1.165, 1.54) is 6.92 Å². The molecule has 66 valence electrons. The summed E-state index contributed by atoms with van der Waals surface area (Å²) in [7, 11) is 0. The van der Waals surface area contributed by atoms with Crippen molar-refractivity contribution in [1.82, 2.24) is 0 Å². The lowest BCUT2D eigenvalue weighted by molar-refractivity contribution is 0.101. The van der Waals surface area contributed by atoms with Gasteiger partial charge in [0, 0.05) is 14.9 Å². The minimum atomic E-state index is -0.122. The molecule has 0 spiro atoms. The van der Waals surface area contributed by atoms with E-state index in [4.69, 9.17) is 5.53 Å². The average Bonchev–Trinajstić information content (AvgIpc) is 2.08. The highest BCUT2D eigenvalue weighted by molar-refractivity contribution is 9.10. The Kier molecular flexibility index (Phi) is 3.06. The first kappa shape index (κ1) is 9.77. The third-order valence-electron chi connectivity index (χ3n) is 1.51. The summed E-state index contributed by atoms with van der Waals surface area (Å²) in [5, 5.41) is 3.44. The number of nitrogens with zero attached hydrogens (tertiary/aromatic N) is 3. The van der Waals surface area contributed by atoms with Crippen molar-refractivity contribution in [3.63, 3.8) is 0 Å². The minimum Gasteiger partial charge on any atom is -0.294 e. The summed E-state index contributed by atoms with van der Waals surface area (Å²) in [5.74, 6) is -0.122. The number of ketones is 1. The molecule has 0 aromatic heterocycles. The summed E-state index contributed by atoms with van der Waals surface area (Å²) in [6, 6.07) is 5.06. The topological polar surface area (TPSA) is 65.8 Å². The Labute approximate surface area is 83.3 Å². The Morgan fingerprint density at radius 3 is 2.85 bits per heavy atom. The van der Waals surface area contributed by atoms with Gasteiger partial charge in [-0.15, -0.1) is 0 Å². The highest BCUT2D eigenvalue weighted by atomic mass is 79.9. The van der Waals surface area contributed by atoms with Crippen LogP contribution in [0.1, 0.15) is 17.3 Å². The van der Waals surface area contributed by atoms with Crippen LogP contribution in [0.4, 0.5) is 5.69 Å². The molecule has 4 nitrogen and oxygen atoms in total. The first-order chi connectivity index (χ1) is 6.16. The van der Waals surface area contributed by atoms with Gasteiger partial charge in [0.2, 0.25) is 0 Å². The number of benzene rings is 1. The highest BCUT2D eigenvalue weighted by Crippen LogP contribution is 2.29. The fourth-order valence-electron chi connectivity index (χ4n) is 0.946. The lowest BCUT2D eigenvalue weighted by Gasteiger charge is -2.01. The van der Waals surface area contributed by atoms with Gasteiger partial charge in [0.05, 0.1) is 5.69 Å². The molecule has 1 rings (SSSR count). The molecule has 0 saturated carbocycles. The molecule has 0 N–H and O–H groups in total. The van der Waals surface area contributed by atoms with Crippen molar-refractivity contribution >= 4 is 27.4 Å². The second-order valence-electron chi connectivity index (χ2n) is 2.38. The molecule has 0 aliphatic heterocycles. The third kappa shape index (κ3) is 2.08. The molecule has 0 aliphatic rings. The van der Waals surface area contributed by atoms with Gasteiger partial charge < -0.3 is 0 Å². The number of halogens is 1. The molecule has 1 aromatic carbocycles. The van der Waals surface area contributed by atoms with Crippen molar-refractivity contribution < 1.29 is 4.79 Å². The van der Waals surface area contributed by atoms with E-state index < -0.39 is 0 Å². The zero-order valence-electron chi connectivity index (χ0n) is 6.86. The number of carbonyl (C=O) groups excluding carboxylic acids is 1. The van der Waals surface area contributed by atoms with Crippen molar-refractivity contribution in [2.24, 2.45) is 5.11 Å². The standard InChI is InChI=1S/C8H6BrN3O/c1-5(13)6-3-2-4-7(9)8(6)11-12-10/h2-4H,1H3. The summed E-state index contributed by atoms with van der Waals surface area (Å²) in [5.41, 5.74) is 9.04. The van der Waals surface area contributed by atoms with Crippen LogP contribution in [-0.4, -0.2) is 5.78 Å². The Bertz CT molecular complexity index is 396. The van der Waals surface area contributed by atoms with Gasteiger partial charge in [-0.1, -0.05) is 33.2 Å². The van der Waals surface area contributed by atoms with Gasteiger partial charge in [0.25, 0.3) is 0 Å². The van der Waals surface area contributed by atoms with Crippen LogP contribution >= 0.6 is 15.9 Å². The van der Waals surface area contributed by atoms with E-state index in [1.54, 1.807) is 18.2 Å². The summed E-state index contributed by atoms with van der Waals surface area (Å²) < 4.78 is 0.623. The predicted octanol–water partition coefficient (Wildman–Crippen LogP) is 3.59. The molecule has 13 heavy (non-hydrogen) atoms. The summed E-state index contributed by atoms with van der Waals surface area (Å²) >= 11 is 3.20. The molecule has 0 heterocycles. The maximum atomic E-state index is 11.1. The second kappa shape index (κ2) is 4.07. The van der Waals surface area contributed by atoms with E-state index in [2.05, 4.69) is 26.0 Å². The van der Waals surface area contributed by atoms with Gasteiger partial charge in [0.1, 0.15) is 0 Å². The molecular weight excluding hydrogens is 234 g/mol. The largest absolute Gasteiger partial charge is 0.294 e. The quantitative estimate of drug-likeness (QED) is 0.337. The van der Waals surface area contributed by atoms with Crippen LogP contribution in [-0.2, 0) is 0 Å². The fourth-order valence-corrected chi connectivity index (χ4v) is 1.39.